The van der Waals surface area contributed by atoms with E-state index in [2.05, 4.69) is 28.8 Å². The summed E-state index contributed by atoms with van der Waals surface area (Å²) in [7, 11) is 0. The molecule has 0 fully saturated rings. The number of aromatic nitrogens is 1. The molecule has 0 aliphatic carbocycles. The number of ether oxygens (including phenoxy) is 1. The fourth-order valence-electron chi connectivity index (χ4n) is 2.53. The number of carbonyl (C=O) groups excluding carboxylic acids is 1. The number of nitrogens with one attached hydrogen (secondary N) is 2. The number of rotatable bonds is 5. The number of urea groups is 1. The summed E-state index contributed by atoms with van der Waals surface area (Å²) in [4.78, 5) is 12.1. The average molecular weight is 379 g/mol. The molecule has 2 N–H and O–H groups in total. The molecule has 0 atom stereocenters. The van der Waals surface area contributed by atoms with Crippen molar-refractivity contribution in [2.75, 3.05) is 10.6 Å². The molecular formula is C22H25N3O3. The fourth-order valence-corrected chi connectivity index (χ4v) is 2.53. The van der Waals surface area contributed by atoms with E-state index < -0.39 is 0 Å². The third-order valence-corrected chi connectivity index (χ3v) is 4.26. The highest BCUT2D eigenvalue weighted by Crippen LogP contribution is 2.24. The predicted molar refractivity (Wildman–Crippen MR) is 110 cm³/mol. The van der Waals surface area contributed by atoms with E-state index in [9.17, 15) is 4.79 Å². The molecule has 0 saturated carbocycles. The van der Waals surface area contributed by atoms with Gasteiger partial charge < -0.3 is 14.6 Å². The molecule has 28 heavy (non-hydrogen) atoms. The number of hydrogen-bond donors (Lipinski definition) is 2. The van der Waals surface area contributed by atoms with Crippen molar-refractivity contribution in [3.63, 3.8) is 0 Å². The Balaban J connectivity index is 1.53. The molecule has 3 aromatic rings. The largest absolute Gasteiger partial charge is 0.489 e. The Hall–Kier alpha value is -3.28. The highest BCUT2D eigenvalue weighted by atomic mass is 16.5. The van der Waals surface area contributed by atoms with Crippen molar-refractivity contribution in [1.29, 1.82) is 0 Å². The van der Waals surface area contributed by atoms with Crippen LogP contribution in [-0.2, 0) is 12.0 Å². The predicted octanol–water partition coefficient (Wildman–Crippen LogP) is 5.50. The molecule has 3 rings (SSSR count). The first-order chi connectivity index (χ1) is 13.3. The summed E-state index contributed by atoms with van der Waals surface area (Å²) in [5.41, 5.74) is 2.82. The number of benzene rings is 2. The summed E-state index contributed by atoms with van der Waals surface area (Å²) in [6.45, 7) is 8.60. The quantitative estimate of drug-likeness (QED) is 0.613. The topological polar surface area (TPSA) is 76.4 Å². The van der Waals surface area contributed by atoms with Crippen molar-refractivity contribution < 1.29 is 14.1 Å². The van der Waals surface area contributed by atoms with Gasteiger partial charge in [0, 0.05) is 17.2 Å². The van der Waals surface area contributed by atoms with E-state index >= 15 is 0 Å². The highest BCUT2D eigenvalue weighted by molar-refractivity contribution is 5.99. The summed E-state index contributed by atoms with van der Waals surface area (Å²) in [6.07, 6.45) is 0. The molecule has 0 radical (unpaired) electrons. The fraction of sp³-hybridized carbons (Fsp3) is 0.273. The zero-order chi connectivity index (χ0) is 20.1. The van der Waals surface area contributed by atoms with Gasteiger partial charge in [0.15, 0.2) is 5.82 Å². The minimum Gasteiger partial charge on any atom is -0.489 e. The lowest BCUT2D eigenvalue weighted by atomic mass is 9.93. The van der Waals surface area contributed by atoms with Crippen LogP contribution < -0.4 is 15.4 Å². The molecule has 0 saturated heterocycles. The zero-order valence-electron chi connectivity index (χ0n) is 16.6. The first-order valence-corrected chi connectivity index (χ1v) is 9.14. The molecule has 0 aliphatic heterocycles. The van der Waals surface area contributed by atoms with Gasteiger partial charge in [0.25, 0.3) is 0 Å². The maximum atomic E-state index is 12.1. The van der Waals surface area contributed by atoms with Crippen molar-refractivity contribution >= 4 is 17.5 Å². The van der Waals surface area contributed by atoms with Gasteiger partial charge >= 0.3 is 6.03 Å². The van der Waals surface area contributed by atoms with Gasteiger partial charge in [0.1, 0.15) is 18.1 Å². The molecule has 0 bridgehead atoms. The van der Waals surface area contributed by atoms with Crippen LogP contribution >= 0.6 is 0 Å². The number of carbonyl (C=O) groups is 1. The van der Waals surface area contributed by atoms with E-state index in [0.29, 0.717) is 23.9 Å². The van der Waals surface area contributed by atoms with E-state index in [1.165, 1.54) is 5.56 Å². The Morgan fingerprint density at radius 1 is 1.07 bits per heavy atom. The van der Waals surface area contributed by atoms with E-state index in [4.69, 9.17) is 9.26 Å². The Labute approximate surface area is 164 Å². The third-order valence-electron chi connectivity index (χ3n) is 4.26. The molecule has 1 aromatic heterocycles. The first kappa shape index (κ1) is 19.5. The number of aryl methyl sites for hydroxylation is 1. The summed E-state index contributed by atoms with van der Waals surface area (Å²) in [6, 6.07) is 16.7. The number of hydrogen-bond acceptors (Lipinski definition) is 4. The molecule has 0 spiro atoms. The summed E-state index contributed by atoms with van der Waals surface area (Å²) >= 11 is 0. The van der Waals surface area contributed by atoms with E-state index in [0.717, 1.165) is 11.3 Å². The summed E-state index contributed by atoms with van der Waals surface area (Å²) < 4.78 is 11.1. The smallest absolute Gasteiger partial charge is 0.324 e. The Kier molecular flexibility index (Phi) is 5.68. The third kappa shape index (κ3) is 5.13. The SMILES string of the molecule is Cc1ccccc1COc1ccc(NC(=O)Nc2cc(C(C)(C)C)on2)cc1. The molecule has 6 nitrogen and oxygen atoms in total. The van der Waals surface area contributed by atoms with Gasteiger partial charge in [-0.2, -0.15) is 0 Å². The molecule has 1 heterocycles. The maximum Gasteiger partial charge on any atom is 0.324 e. The first-order valence-electron chi connectivity index (χ1n) is 9.14. The Morgan fingerprint density at radius 2 is 1.79 bits per heavy atom. The van der Waals surface area contributed by atoms with Gasteiger partial charge in [-0.1, -0.05) is 50.2 Å². The number of nitrogens with zero attached hydrogens (tertiary/aromatic N) is 1. The minimum absolute atomic E-state index is 0.169. The minimum atomic E-state index is -0.387. The van der Waals surface area contributed by atoms with E-state index in [1.807, 2.05) is 51.1 Å². The van der Waals surface area contributed by atoms with Crippen molar-refractivity contribution in [3.8, 4) is 5.75 Å². The molecule has 146 valence electrons. The second-order valence-corrected chi connectivity index (χ2v) is 7.65. The lowest BCUT2D eigenvalue weighted by Crippen LogP contribution is -2.19. The average Bonchev–Trinajstić information content (AvgIpc) is 3.11. The molecular weight excluding hydrogens is 354 g/mol. The van der Waals surface area contributed by atoms with E-state index in [-0.39, 0.29) is 11.4 Å². The van der Waals surface area contributed by atoms with E-state index in [1.54, 1.807) is 18.2 Å². The van der Waals surface area contributed by atoms with Gasteiger partial charge in [-0.3, -0.25) is 5.32 Å². The van der Waals surface area contributed by atoms with Gasteiger partial charge in [-0.15, -0.1) is 0 Å². The molecule has 0 unspecified atom stereocenters. The molecule has 6 heteroatoms. The van der Waals surface area contributed by atoms with Gasteiger partial charge in [-0.25, -0.2) is 4.79 Å². The lowest BCUT2D eigenvalue weighted by molar-refractivity contribution is 0.262. The number of anilines is 2. The van der Waals surface area contributed by atoms with Crippen molar-refractivity contribution in [2.24, 2.45) is 0 Å². The van der Waals surface area contributed by atoms with Crippen LogP contribution in [0.2, 0.25) is 0 Å². The zero-order valence-corrected chi connectivity index (χ0v) is 16.6. The highest BCUT2D eigenvalue weighted by Gasteiger charge is 2.20. The van der Waals surface area contributed by atoms with Crippen LogP contribution in [0, 0.1) is 6.92 Å². The van der Waals surface area contributed by atoms with Gasteiger partial charge in [0.05, 0.1) is 0 Å². The van der Waals surface area contributed by atoms with Gasteiger partial charge in [0.2, 0.25) is 0 Å². The van der Waals surface area contributed by atoms with Crippen LogP contribution in [0.4, 0.5) is 16.3 Å². The van der Waals surface area contributed by atoms with Crippen LogP contribution in [0.1, 0.15) is 37.7 Å². The number of amides is 2. The van der Waals surface area contributed by atoms with Crippen LogP contribution in [-0.4, -0.2) is 11.2 Å². The Morgan fingerprint density at radius 3 is 2.43 bits per heavy atom. The summed E-state index contributed by atoms with van der Waals surface area (Å²) in [5.74, 6) is 1.82. The molecule has 2 aromatic carbocycles. The molecule has 2 amide bonds. The monoisotopic (exact) mass is 379 g/mol. The van der Waals surface area contributed by atoms with Crippen LogP contribution in [0.5, 0.6) is 5.75 Å². The van der Waals surface area contributed by atoms with Gasteiger partial charge in [-0.05, 0) is 42.3 Å². The van der Waals surface area contributed by atoms with Crippen LogP contribution in [0.3, 0.4) is 0 Å². The van der Waals surface area contributed by atoms with Crippen molar-refractivity contribution in [2.45, 2.75) is 39.7 Å². The van der Waals surface area contributed by atoms with Crippen LogP contribution in [0.15, 0.2) is 59.1 Å². The molecule has 0 aliphatic rings. The lowest BCUT2D eigenvalue weighted by Gasteiger charge is -2.12. The normalized spacial score (nSPS) is 11.1. The van der Waals surface area contributed by atoms with Crippen molar-refractivity contribution in [1.82, 2.24) is 5.16 Å². The second kappa shape index (κ2) is 8.17. The maximum absolute atomic E-state index is 12.1. The van der Waals surface area contributed by atoms with Crippen molar-refractivity contribution in [3.05, 3.63) is 71.5 Å². The van der Waals surface area contributed by atoms with Crippen LogP contribution in [0.25, 0.3) is 0 Å². The standard InChI is InChI=1S/C22H25N3O3/c1-15-7-5-6-8-16(15)14-27-18-11-9-17(10-12-18)23-21(26)24-20-13-19(28-25-20)22(2,3)4/h5-13H,14H2,1-4H3,(H2,23,24,25,26). The second-order valence-electron chi connectivity index (χ2n) is 7.65. The summed E-state index contributed by atoms with van der Waals surface area (Å²) in [5, 5.41) is 9.30. The Bertz CT molecular complexity index is 940.